The van der Waals surface area contributed by atoms with E-state index in [0.29, 0.717) is 6.10 Å². The van der Waals surface area contributed by atoms with Crippen LogP contribution in [0.1, 0.15) is 45.9 Å². The molecule has 4 nitrogen and oxygen atoms in total. The molecule has 0 aromatic carbocycles. The van der Waals surface area contributed by atoms with Crippen LogP contribution in [0.3, 0.4) is 0 Å². The number of nitrogens with one attached hydrogen (secondary N) is 1. The van der Waals surface area contributed by atoms with E-state index in [4.69, 9.17) is 17.0 Å². The van der Waals surface area contributed by atoms with Gasteiger partial charge >= 0.3 is 0 Å². The van der Waals surface area contributed by atoms with Crippen LogP contribution >= 0.6 is 12.2 Å². The van der Waals surface area contributed by atoms with Gasteiger partial charge in [0, 0.05) is 19.6 Å². The molecule has 0 saturated carbocycles. The van der Waals surface area contributed by atoms with Crippen molar-refractivity contribution in [2.24, 2.45) is 0 Å². The molecule has 1 aromatic heterocycles. The van der Waals surface area contributed by atoms with Crippen molar-refractivity contribution in [2.75, 3.05) is 6.61 Å². The van der Waals surface area contributed by atoms with E-state index in [-0.39, 0.29) is 0 Å². The largest absolute Gasteiger partial charge is 0.379 e. The molecular formula is C12H23N3OS. The molecule has 1 N–H and O–H groups in total. The highest BCUT2D eigenvalue weighted by atomic mass is 32.1. The number of unbranched alkanes of at least 4 members (excludes halogenated alkanes) is 1. The van der Waals surface area contributed by atoms with E-state index in [2.05, 4.69) is 35.5 Å². The molecule has 0 spiro atoms. The lowest BCUT2D eigenvalue weighted by atomic mass is 10.3. The highest BCUT2D eigenvalue weighted by Crippen LogP contribution is 2.04. The third-order valence-corrected chi connectivity index (χ3v) is 2.85. The lowest BCUT2D eigenvalue weighted by molar-refractivity contribution is 0.0754. The fourth-order valence-electron chi connectivity index (χ4n) is 1.69. The van der Waals surface area contributed by atoms with Gasteiger partial charge in [-0.15, -0.1) is 0 Å². The molecule has 0 saturated heterocycles. The summed E-state index contributed by atoms with van der Waals surface area (Å²) in [7, 11) is 0. The van der Waals surface area contributed by atoms with Gasteiger partial charge in [0.2, 0.25) is 0 Å². The van der Waals surface area contributed by atoms with Gasteiger partial charge in [-0.1, -0.05) is 6.92 Å². The second kappa shape index (κ2) is 7.61. The SMILES string of the molecule is CCCc1n[nH]c(=S)n1CCCCOC(C)C. The van der Waals surface area contributed by atoms with Crippen molar-refractivity contribution in [3.8, 4) is 0 Å². The number of H-pyrrole nitrogens is 1. The monoisotopic (exact) mass is 257 g/mol. The first kappa shape index (κ1) is 14.4. The predicted molar refractivity (Wildman–Crippen MR) is 71.7 cm³/mol. The maximum absolute atomic E-state index is 5.51. The molecule has 0 aliphatic heterocycles. The summed E-state index contributed by atoms with van der Waals surface area (Å²) in [6.45, 7) is 8.04. The van der Waals surface area contributed by atoms with Crippen LogP contribution in [-0.2, 0) is 17.7 Å². The zero-order chi connectivity index (χ0) is 12.7. The number of hydrogen-bond donors (Lipinski definition) is 1. The minimum Gasteiger partial charge on any atom is -0.379 e. The number of nitrogens with zero attached hydrogens (tertiary/aromatic N) is 2. The van der Waals surface area contributed by atoms with Crippen LogP contribution in [0.2, 0.25) is 0 Å². The number of ether oxygens (including phenoxy) is 1. The minimum absolute atomic E-state index is 0.321. The molecule has 1 rings (SSSR count). The molecule has 0 amide bonds. The molecule has 17 heavy (non-hydrogen) atoms. The van der Waals surface area contributed by atoms with E-state index in [1.165, 1.54) is 0 Å². The van der Waals surface area contributed by atoms with Crippen LogP contribution < -0.4 is 0 Å². The molecule has 0 atom stereocenters. The third kappa shape index (κ3) is 5.00. The normalized spacial score (nSPS) is 11.3. The molecule has 0 aliphatic carbocycles. The van der Waals surface area contributed by atoms with Crippen molar-refractivity contribution in [3.63, 3.8) is 0 Å². The predicted octanol–water partition coefficient (Wildman–Crippen LogP) is 3.10. The summed E-state index contributed by atoms with van der Waals surface area (Å²) in [5, 5.41) is 7.11. The second-order valence-electron chi connectivity index (χ2n) is 4.47. The number of rotatable bonds is 8. The lowest BCUT2D eigenvalue weighted by Crippen LogP contribution is -2.07. The average Bonchev–Trinajstić information content (AvgIpc) is 2.61. The summed E-state index contributed by atoms with van der Waals surface area (Å²) in [5.74, 6) is 1.07. The number of aromatic nitrogens is 3. The number of aryl methyl sites for hydroxylation is 1. The summed E-state index contributed by atoms with van der Waals surface area (Å²) < 4.78 is 8.35. The standard InChI is InChI=1S/C12H23N3OS/c1-4-7-11-13-14-12(17)15(11)8-5-6-9-16-10(2)3/h10H,4-9H2,1-3H3,(H,14,17). The van der Waals surface area contributed by atoms with Crippen molar-refractivity contribution >= 4 is 12.2 Å². The summed E-state index contributed by atoms with van der Waals surface area (Å²) in [5.41, 5.74) is 0. The number of hydrogen-bond acceptors (Lipinski definition) is 3. The molecule has 0 unspecified atom stereocenters. The fraction of sp³-hybridized carbons (Fsp3) is 0.833. The van der Waals surface area contributed by atoms with Gasteiger partial charge in [0.05, 0.1) is 6.10 Å². The van der Waals surface area contributed by atoms with E-state index in [1.807, 2.05) is 0 Å². The zero-order valence-electron chi connectivity index (χ0n) is 11.0. The quantitative estimate of drug-likeness (QED) is 0.575. The summed E-state index contributed by atoms with van der Waals surface area (Å²) in [4.78, 5) is 0. The van der Waals surface area contributed by atoms with Crippen LogP contribution in [0.4, 0.5) is 0 Å². The molecule has 1 aromatic rings. The Kier molecular flexibility index (Phi) is 6.44. The smallest absolute Gasteiger partial charge is 0.195 e. The van der Waals surface area contributed by atoms with Gasteiger partial charge in [0.1, 0.15) is 5.82 Å². The van der Waals surface area contributed by atoms with Crippen LogP contribution in [0.15, 0.2) is 0 Å². The van der Waals surface area contributed by atoms with Crippen molar-refractivity contribution < 1.29 is 4.74 Å². The van der Waals surface area contributed by atoms with Crippen molar-refractivity contribution in [3.05, 3.63) is 10.6 Å². The Morgan fingerprint density at radius 1 is 1.41 bits per heavy atom. The molecule has 0 bridgehead atoms. The van der Waals surface area contributed by atoms with Crippen molar-refractivity contribution in [2.45, 2.75) is 59.1 Å². The molecule has 0 radical (unpaired) electrons. The average molecular weight is 257 g/mol. The lowest BCUT2D eigenvalue weighted by Gasteiger charge is -2.08. The van der Waals surface area contributed by atoms with E-state index in [9.17, 15) is 0 Å². The second-order valence-corrected chi connectivity index (χ2v) is 4.86. The van der Waals surface area contributed by atoms with Crippen molar-refractivity contribution in [1.82, 2.24) is 14.8 Å². The first-order valence-electron chi connectivity index (χ1n) is 6.40. The summed E-state index contributed by atoms with van der Waals surface area (Å²) in [6.07, 6.45) is 4.54. The van der Waals surface area contributed by atoms with Gasteiger partial charge in [0.25, 0.3) is 0 Å². The number of aromatic amines is 1. The molecule has 0 aliphatic rings. The first-order chi connectivity index (χ1) is 8.15. The van der Waals surface area contributed by atoms with Gasteiger partial charge in [-0.3, -0.25) is 5.10 Å². The Morgan fingerprint density at radius 2 is 2.18 bits per heavy atom. The van der Waals surface area contributed by atoms with Gasteiger partial charge < -0.3 is 9.30 Å². The molecule has 5 heteroatoms. The summed E-state index contributed by atoms with van der Waals surface area (Å²) in [6, 6.07) is 0. The van der Waals surface area contributed by atoms with Gasteiger partial charge in [-0.05, 0) is 45.3 Å². The van der Waals surface area contributed by atoms with Gasteiger partial charge in [0.15, 0.2) is 4.77 Å². The van der Waals surface area contributed by atoms with E-state index >= 15 is 0 Å². The Labute approximate surface area is 108 Å². The van der Waals surface area contributed by atoms with Gasteiger partial charge in [-0.25, -0.2) is 0 Å². The topological polar surface area (TPSA) is 42.8 Å². The summed E-state index contributed by atoms with van der Waals surface area (Å²) >= 11 is 5.22. The van der Waals surface area contributed by atoms with Crippen LogP contribution in [-0.4, -0.2) is 27.5 Å². The van der Waals surface area contributed by atoms with Crippen LogP contribution in [0.25, 0.3) is 0 Å². The van der Waals surface area contributed by atoms with Crippen molar-refractivity contribution in [1.29, 1.82) is 0 Å². The minimum atomic E-state index is 0.321. The fourth-order valence-corrected chi connectivity index (χ4v) is 1.93. The van der Waals surface area contributed by atoms with E-state index in [1.54, 1.807) is 0 Å². The zero-order valence-corrected chi connectivity index (χ0v) is 11.8. The molecule has 98 valence electrons. The van der Waals surface area contributed by atoms with Crippen LogP contribution in [0, 0.1) is 4.77 Å². The maximum atomic E-state index is 5.51. The molecular weight excluding hydrogens is 234 g/mol. The Bertz CT molecular complexity index is 370. The first-order valence-corrected chi connectivity index (χ1v) is 6.81. The van der Waals surface area contributed by atoms with Gasteiger partial charge in [-0.2, -0.15) is 5.10 Å². The van der Waals surface area contributed by atoms with E-state index in [0.717, 1.165) is 49.4 Å². The van der Waals surface area contributed by atoms with E-state index < -0.39 is 0 Å². The third-order valence-electron chi connectivity index (χ3n) is 2.54. The van der Waals surface area contributed by atoms with Crippen LogP contribution in [0.5, 0.6) is 0 Å². The Morgan fingerprint density at radius 3 is 2.82 bits per heavy atom. The Hall–Kier alpha value is -0.680. The maximum Gasteiger partial charge on any atom is 0.195 e. The highest BCUT2D eigenvalue weighted by Gasteiger charge is 2.04. The molecule has 1 heterocycles. The Balaban J connectivity index is 2.35. The molecule has 0 fully saturated rings. The highest BCUT2D eigenvalue weighted by molar-refractivity contribution is 7.71.